The van der Waals surface area contributed by atoms with Crippen LogP contribution in [0.5, 0.6) is 0 Å². The second kappa shape index (κ2) is 5.65. The van der Waals surface area contributed by atoms with Crippen molar-refractivity contribution in [1.82, 2.24) is 20.4 Å². The van der Waals surface area contributed by atoms with E-state index in [1.807, 2.05) is 6.07 Å². The van der Waals surface area contributed by atoms with Crippen LogP contribution in [0.25, 0.3) is 0 Å². The lowest BCUT2D eigenvalue weighted by molar-refractivity contribution is -0.122. The molecule has 0 radical (unpaired) electrons. The fourth-order valence-electron chi connectivity index (χ4n) is 1.96. The first kappa shape index (κ1) is 11.1. The Labute approximate surface area is 95.2 Å². The van der Waals surface area contributed by atoms with Gasteiger partial charge in [0.15, 0.2) is 0 Å². The Hall–Kier alpha value is -1.36. The molecule has 0 spiro atoms. The number of hydrogen-bond acceptors (Lipinski definition) is 3. The molecule has 1 aliphatic heterocycles. The minimum Gasteiger partial charge on any atom is -0.350 e. The standard InChI is InChI=1S/C11H18N4O/c16-11(9-15-7-3-6-13-15)14-10-4-1-2-5-12-8-10/h3,6-7,10,12H,1-2,4-5,8-9H2,(H,14,16). The Bertz CT molecular complexity index is 315. The van der Waals surface area contributed by atoms with Crippen LogP contribution < -0.4 is 10.6 Å². The van der Waals surface area contributed by atoms with Crippen LogP contribution in [0.4, 0.5) is 0 Å². The second-order valence-corrected chi connectivity index (χ2v) is 4.17. The molecule has 1 amide bonds. The minimum absolute atomic E-state index is 0.0393. The Morgan fingerprint density at radius 3 is 3.31 bits per heavy atom. The highest BCUT2D eigenvalue weighted by Gasteiger charge is 2.14. The molecule has 1 atom stereocenters. The van der Waals surface area contributed by atoms with Crippen molar-refractivity contribution in [3.8, 4) is 0 Å². The van der Waals surface area contributed by atoms with Crippen LogP contribution in [-0.2, 0) is 11.3 Å². The molecule has 16 heavy (non-hydrogen) atoms. The first-order valence-electron chi connectivity index (χ1n) is 5.82. The maximum atomic E-state index is 11.7. The van der Waals surface area contributed by atoms with Gasteiger partial charge in [0, 0.05) is 25.0 Å². The SMILES string of the molecule is O=C(Cn1cccn1)NC1CCCCNC1. The molecule has 1 saturated heterocycles. The van der Waals surface area contributed by atoms with Crippen LogP contribution in [-0.4, -0.2) is 34.8 Å². The molecule has 0 aromatic carbocycles. The van der Waals surface area contributed by atoms with Crippen molar-refractivity contribution in [1.29, 1.82) is 0 Å². The summed E-state index contributed by atoms with van der Waals surface area (Å²) in [6.45, 7) is 2.25. The van der Waals surface area contributed by atoms with Gasteiger partial charge >= 0.3 is 0 Å². The molecule has 1 aliphatic rings. The van der Waals surface area contributed by atoms with Crippen LogP contribution in [0.15, 0.2) is 18.5 Å². The topological polar surface area (TPSA) is 59.0 Å². The highest BCUT2D eigenvalue weighted by Crippen LogP contribution is 2.03. The number of nitrogens with zero attached hydrogens (tertiary/aromatic N) is 2. The molecule has 2 N–H and O–H groups in total. The maximum Gasteiger partial charge on any atom is 0.241 e. The van der Waals surface area contributed by atoms with Crippen LogP contribution >= 0.6 is 0 Å². The molecule has 88 valence electrons. The van der Waals surface area contributed by atoms with E-state index < -0.39 is 0 Å². The van der Waals surface area contributed by atoms with Gasteiger partial charge in [-0.2, -0.15) is 5.10 Å². The number of nitrogens with one attached hydrogen (secondary N) is 2. The monoisotopic (exact) mass is 222 g/mol. The van der Waals surface area contributed by atoms with E-state index in [4.69, 9.17) is 0 Å². The molecule has 1 aromatic rings. The lowest BCUT2D eigenvalue weighted by atomic mass is 10.1. The summed E-state index contributed by atoms with van der Waals surface area (Å²) < 4.78 is 1.64. The van der Waals surface area contributed by atoms with Crippen molar-refractivity contribution in [3.63, 3.8) is 0 Å². The van der Waals surface area contributed by atoms with Gasteiger partial charge in [-0.3, -0.25) is 9.48 Å². The zero-order valence-corrected chi connectivity index (χ0v) is 9.35. The number of hydrogen-bond donors (Lipinski definition) is 2. The molecule has 0 bridgehead atoms. The quantitative estimate of drug-likeness (QED) is 0.765. The molecular weight excluding hydrogens is 204 g/mol. The van der Waals surface area contributed by atoms with Crippen molar-refractivity contribution in [2.45, 2.75) is 31.8 Å². The first-order valence-corrected chi connectivity index (χ1v) is 5.82. The van der Waals surface area contributed by atoms with E-state index in [0.717, 1.165) is 19.5 Å². The molecule has 2 rings (SSSR count). The molecule has 0 saturated carbocycles. The molecule has 5 heteroatoms. The number of carbonyl (C=O) groups is 1. The summed E-state index contributed by atoms with van der Waals surface area (Å²) >= 11 is 0. The Kier molecular flexibility index (Phi) is 3.93. The fraction of sp³-hybridized carbons (Fsp3) is 0.636. The van der Waals surface area contributed by atoms with E-state index in [9.17, 15) is 4.79 Å². The van der Waals surface area contributed by atoms with Crippen LogP contribution in [0.3, 0.4) is 0 Å². The van der Waals surface area contributed by atoms with Gasteiger partial charge in [0.2, 0.25) is 5.91 Å². The predicted molar refractivity (Wildman–Crippen MR) is 60.9 cm³/mol. The largest absolute Gasteiger partial charge is 0.350 e. The highest BCUT2D eigenvalue weighted by atomic mass is 16.2. The molecule has 0 aliphatic carbocycles. The van der Waals surface area contributed by atoms with E-state index in [1.165, 1.54) is 12.8 Å². The number of carbonyl (C=O) groups excluding carboxylic acids is 1. The Morgan fingerprint density at radius 2 is 2.50 bits per heavy atom. The van der Waals surface area contributed by atoms with Crippen LogP contribution in [0, 0.1) is 0 Å². The van der Waals surface area contributed by atoms with E-state index >= 15 is 0 Å². The van der Waals surface area contributed by atoms with Crippen molar-refractivity contribution in [3.05, 3.63) is 18.5 Å². The second-order valence-electron chi connectivity index (χ2n) is 4.17. The average Bonchev–Trinajstić information content (AvgIpc) is 2.62. The van der Waals surface area contributed by atoms with Gasteiger partial charge < -0.3 is 10.6 Å². The van der Waals surface area contributed by atoms with E-state index in [2.05, 4.69) is 15.7 Å². The number of amides is 1. The fourth-order valence-corrected chi connectivity index (χ4v) is 1.96. The lowest BCUT2D eigenvalue weighted by Gasteiger charge is -2.16. The molecule has 1 unspecified atom stereocenters. The molecule has 5 nitrogen and oxygen atoms in total. The Balaban J connectivity index is 1.77. The summed E-state index contributed by atoms with van der Waals surface area (Å²) in [6, 6.07) is 2.09. The third-order valence-electron chi connectivity index (χ3n) is 2.78. The third-order valence-corrected chi connectivity index (χ3v) is 2.78. The highest BCUT2D eigenvalue weighted by molar-refractivity contribution is 5.75. The summed E-state index contributed by atoms with van der Waals surface area (Å²) in [4.78, 5) is 11.7. The number of aromatic nitrogens is 2. The van der Waals surface area contributed by atoms with Gasteiger partial charge in [-0.25, -0.2) is 0 Å². The van der Waals surface area contributed by atoms with Gasteiger partial charge in [0.25, 0.3) is 0 Å². The predicted octanol–water partition coefficient (Wildman–Crippen LogP) is 0.141. The zero-order chi connectivity index (χ0) is 11.2. The summed E-state index contributed by atoms with van der Waals surface area (Å²) in [6.07, 6.45) is 6.93. The smallest absolute Gasteiger partial charge is 0.241 e. The summed E-state index contributed by atoms with van der Waals surface area (Å²) in [5.41, 5.74) is 0. The van der Waals surface area contributed by atoms with Crippen molar-refractivity contribution >= 4 is 5.91 Å². The number of rotatable bonds is 3. The molecule has 2 heterocycles. The lowest BCUT2D eigenvalue weighted by Crippen LogP contribution is -2.42. The van der Waals surface area contributed by atoms with E-state index in [1.54, 1.807) is 17.1 Å². The average molecular weight is 222 g/mol. The maximum absolute atomic E-state index is 11.7. The third kappa shape index (κ3) is 3.34. The van der Waals surface area contributed by atoms with Crippen molar-refractivity contribution < 1.29 is 4.79 Å². The van der Waals surface area contributed by atoms with Crippen LogP contribution in [0.1, 0.15) is 19.3 Å². The van der Waals surface area contributed by atoms with Gasteiger partial charge in [0.1, 0.15) is 6.54 Å². The summed E-state index contributed by atoms with van der Waals surface area (Å²) in [5, 5.41) is 10.4. The normalized spacial score (nSPS) is 21.4. The van der Waals surface area contributed by atoms with E-state index in [-0.39, 0.29) is 11.9 Å². The minimum atomic E-state index is 0.0393. The van der Waals surface area contributed by atoms with Crippen molar-refractivity contribution in [2.75, 3.05) is 13.1 Å². The Morgan fingerprint density at radius 1 is 1.56 bits per heavy atom. The zero-order valence-electron chi connectivity index (χ0n) is 9.35. The van der Waals surface area contributed by atoms with Gasteiger partial charge in [-0.15, -0.1) is 0 Å². The molecular formula is C11H18N4O. The summed E-state index contributed by atoms with van der Waals surface area (Å²) in [5.74, 6) is 0.0393. The van der Waals surface area contributed by atoms with Gasteiger partial charge in [-0.05, 0) is 25.5 Å². The van der Waals surface area contributed by atoms with Crippen LogP contribution in [0.2, 0.25) is 0 Å². The molecule has 1 aromatic heterocycles. The van der Waals surface area contributed by atoms with E-state index in [0.29, 0.717) is 6.54 Å². The van der Waals surface area contributed by atoms with Gasteiger partial charge in [0.05, 0.1) is 0 Å². The van der Waals surface area contributed by atoms with Gasteiger partial charge in [-0.1, -0.05) is 6.42 Å². The molecule has 1 fully saturated rings. The first-order chi connectivity index (χ1) is 7.84. The van der Waals surface area contributed by atoms with Crippen molar-refractivity contribution in [2.24, 2.45) is 0 Å². The summed E-state index contributed by atoms with van der Waals surface area (Å²) in [7, 11) is 0.